The molecule has 0 aliphatic heterocycles. The molecule has 0 aliphatic rings. The maximum Gasteiger partial charge on any atom is 0.203 e. The summed E-state index contributed by atoms with van der Waals surface area (Å²) in [6, 6.07) is 8.18. The number of nitrogens with one attached hydrogen (secondary N) is 1. The van der Waals surface area contributed by atoms with Crippen LogP contribution in [-0.4, -0.2) is 23.1 Å². The average Bonchev–Trinajstić information content (AvgIpc) is 2.72. The summed E-state index contributed by atoms with van der Waals surface area (Å²) in [5, 5.41) is 0. The number of hydrogen-bond acceptors (Lipinski definition) is 2. The first kappa shape index (κ1) is 11.0. The highest BCUT2D eigenvalue weighted by Gasteiger charge is 2.08. The van der Waals surface area contributed by atoms with Gasteiger partial charge in [-0.05, 0) is 25.0 Å². The third-order valence-corrected chi connectivity index (χ3v) is 2.66. The number of anilines is 1. The fourth-order valence-electron chi connectivity index (χ4n) is 1.95. The number of para-hydroxylation sites is 2. The zero-order chi connectivity index (χ0) is 11.4. The van der Waals surface area contributed by atoms with Gasteiger partial charge in [-0.2, -0.15) is 0 Å². The van der Waals surface area contributed by atoms with Gasteiger partial charge in [0.25, 0.3) is 0 Å². The van der Waals surface area contributed by atoms with Crippen molar-refractivity contribution >= 4 is 17.0 Å². The zero-order valence-electron chi connectivity index (χ0n) is 10.0. The first-order chi connectivity index (χ1) is 7.85. The molecule has 86 valence electrons. The van der Waals surface area contributed by atoms with Crippen LogP contribution >= 0.6 is 0 Å². The molecule has 1 N–H and O–H groups in total. The number of hydrogen-bond donors (Lipinski definition) is 1. The second kappa shape index (κ2) is 5.01. The Bertz CT molecular complexity index is 408. The molecule has 0 aliphatic carbocycles. The molecule has 3 nitrogen and oxygen atoms in total. The van der Waals surface area contributed by atoms with Gasteiger partial charge < -0.3 is 9.88 Å². The largest absolute Gasteiger partial charge is 0.342 e. The molecule has 0 atom stereocenters. The monoisotopic (exact) mass is 217 g/mol. The molecule has 1 aromatic heterocycles. The highest BCUT2D eigenvalue weighted by atomic mass is 15.3. The van der Waals surface area contributed by atoms with Crippen molar-refractivity contribution in [1.82, 2.24) is 9.97 Å². The third-order valence-electron chi connectivity index (χ3n) is 2.66. The Morgan fingerprint density at radius 1 is 1.12 bits per heavy atom. The van der Waals surface area contributed by atoms with Gasteiger partial charge in [-0.1, -0.05) is 26.0 Å². The molecule has 0 spiro atoms. The van der Waals surface area contributed by atoms with Crippen LogP contribution < -0.4 is 4.90 Å². The van der Waals surface area contributed by atoms with Gasteiger partial charge in [-0.15, -0.1) is 0 Å². The van der Waals surface area contributed by atoms with Crippen molar-refractivity contribution in [3.05, 3.63) is 24.3 Å². The van der Waals surface area contributed by atoms with E-state index in [1.807, 2.05) is 18.2 Å². The van der Waals surface area contributed by atoms with E-state index in [2.05, 4.69) is 34.8 Å². The molecular weight excluding hydrogens is 198 g/mol. The highest BCUT2D eigenvalue weighted by Crippen LogP contribution is 2.17. The maximum absolute atomic E-state index is 4.62. The Hall–Kier alpha value is -1.51. The molecule has 2 aromatic rings. The van der Waals surface area contributed by atoms with Crippen LogP contribution in [0.1, 0.15) is 26.7 Å². The van der Waals surface area contributed by atoms with E-state index in [1.54, 1.807) is 0 Å². The van der Waals surface area contributed by atoms with E-state index in [4.69, 9.17) is 0 Å². The van der Waals surface area contributed by atoms with Gasteiger partial charge >= 0.3 is 0 Å². The molecule has 1 aromatic carbocycles. The number of nitrogens with zero attached hydrogens (tertiary/aromatic N) is 2. The quantitative estimate of drug-likeness (QED) is 0.834. The first-order valence-electron chi connectivity index (χ1n) is 6.04. The van der Waals surface area contributed by atoms with E-state index in [0.29, 0.717) is 0 Å². The summed E-state index contributed by atoms with van der Waals surface area (Å²) in [6.45, 7) is 6.53. The number of imidazole rings is 1. The zero-order valence-corrected chi connectivity index (χ0v) is 10.0. The summed E-state index contributed by atoms with van der Waals surface area (Å²) >= 11 is 0. The number of H-pyrrole nitrogens is 1. The Kier molecular flexibility index (Phi) is 3.44. The van der Waals surface area contributed by atoms with Gasteiger partial charge in [0, 0.05) is 13.1 Å². The summed E-state index contributed by atoms with van der Waals surface area (Å²) in [5.41, 5.74) is 2.17. The minimum atomic E-state index is 1.00. The summed E-state index contributed by atoms with van der Waals surface area (Å²) in [6.07, 6.45) is 2.30. The number of rotatable bonds is 5. The van der Waals surface area contributed by atoms with Crippen LogP contribution in [0.4, 0.5) is 5.95 Å². The molecule has 16 heavy (non-hydrogen) atoms. The van der Waals surface area contributed by atoms with Gasteiger partial charge in [0.05, 0.1) is 11.0 Å². The van der Waals surface area contributed by atoms with Crippen molar-refractivity contribution in [2.45, 2.75) is 26.7 Å². The summed E-state index contributed by atoms with van der Waals surface area (Å²) < 4.78 is 0. The van der Waals surface area contributed by atoms with E-state index >= 15 is 0 Å². The van der Waals surface area contributed by atoms with Gasteiger partial charge in [-0.3, -0.25) is 0 Å². The SMILES string of the molecule is CCCN(CCC)c1nc2ccccc2[nH]1. The van der Waals surface area contributed by atoms with Crippen LogP contribution in [-0.2, 0) is 0 Å². The first-order valence-corrected chi connectivity index (χ1v) is 6.04. The van der Waals surface area contributed by atoms with Crippen molar-refractivity contribution in [3.8, 4) is 0 Å². The minimum Gasteiger partial charge on any atom is -0.342 e. The molecule has 0 unspecified atom stereocenters. The Labute approximate surface area is 96.5 Å². The van der Waals surface area contributed by atoms with Crippen LogP contribution in [0.5, 0.6) is 0 Å². The lowest BCUT2D eigenvalue weighted by Crippen LogP contribution is -2.25. The summed E-state index contributed by atoms with van der Waals surface area (Å²) in [4.78, 5) is 10.3. The van der Waals surface area contributed by atoms with Crippen LogP contribution in [0.3, 0.4) is 0 Å². The van der Waals surface area contributed by atoms with Gasteiger partial charge in [0.1, 0.15) is 0 Å². The van der Waals surface area contributed by atoms with E-state index in [9.17, 15) is 0 Å². The normalized spacial score (nSPS) is 10.9. The van der Waals surface area contributed by atoms with Crippen LogP contribution in [0.25, 0.3) is 11.0 Å². The molecule has 3 heteroatoms. The van der Waals surface area contributed by atoms with Crippen molar-refractivity contribution in [3.63, 3.8) is 0 Å². The molecule has 0 saturated carbocycles. The van der Waals surface area contributed by atoms with Crippen LogP contribution in [0, 0.1) is 0 Å². The molecular formula is C13H19N3. The van der Waals surface area contributed by atoms with Crippen LogP contribution in [0.2, 0.25) is 0 Å². The van der Waals surface area contributed by atoms with E-state index in [1.165, 1.54) is 0 Å². The lowest BCUT2D eigenvalue weighted by molar-refractivity contribution is 0.727. The third kappa shape index (κ3) is 2.18. The maximum atomic E-state index is 4.62. The fraction of sp³-hybridized carbons (Fsp3) is 0.462. The fourth-order valence-corrected chi connectivity index (χ4v) is 1.95. The number of benzene rings is 1. The van der Waals surface area contributed by atoms with E-state index in [-0.39, 0.29) is 0 Å². The topological polar surface area (TPSA) is 31.9 Å². The van der Waals surface area contributed by atoms with Gasteiger partial charge in [0.2, 0.25) is 5.95 Å². The van der Waals surface area contributed by atoms with Crippen molar-refractivity contribution in [2.24, 2.45) is 0 Å². The standard InChI is InChI=1S/C13H19N3/c1-3-9-16(10-4-2)13-14-11-7-5-6-8-12(11)15-13/h5-8H,3-4,9-10H2,1-2H3,(H,14,15). The second-order valence-corrected chi connectivity index (χ2v) is 4.06. The van der Waals surface area contributed by atoms with E-state index in [0.717, 1.165) is 42.9 Å². The molecule has 0 fully saturated rings. The minimum absolute atomic E-state index is 1.00. The van der Waals surface area contributed by atoms with Crippen LogP contribution in [0.15, 0.2) is 24.3 Å². The number of aromatic amines is 1. The lowest BCUT2D eigenvalue weighted by atomic mass is 10.3. The molecule has 1 heterocycles. The average molecular weight is 217 g/mol. The van der Waals surface area contributed by atoms with Crippen molar-refractivity contribution < 1.29 is 0 Å². The molecule has 2 rings (SSSR count). The molecule has 0 amide bonds. The van der Waals surface area contributed by atoms with Gasteiger partial charge in [0.15, 0.2) is 0 Å². The highest BCUT2D eigenvalue weighted by molar-refractivity contribution is 5.77. The predicted molar refractivity (Wildman–Crippen MR) is 68.9 cm³/mol. The smallest absolute Gasteiger partial charge is 0.203 e. The summed E-state index contributed by atoms with van der Waals surface area (Å²) in [5.74, 6) is 1.00. The second-order valence-electron chi connectivity index (χ2n) is 4.06. The Balaban J connectivity index is 2.29. The Morgan fingerprint density at radius 3 is 2.44 bits per heavy atom. The molecule has 0 bridgehead atoms. The molecule has 0 radical (unpaired) electrons. The van der Waals surface area contributed by atoms with Gasteiger partial charge in [-0.25, -0.2) is 4.98 Å². The van der Waals surface area contributed by atoms with E-state index < -0.39 is 0 Å². The van der Waals surface area contributed by atoms with Crippen molar-refractivity contribution in [1.29, 1.82) is 0 Å². The number of aromatic nitrogens is 2. The lowest BCUT2D eigenvalue weighted by Gasteiger charge is -2.19. The number of fused-ring (bicyclic) bond motifs is 1. The predicted octanol–water partition coefficient (Wildman–Crippen LogP) is 3.19. The molecule has 0 saturated heterocycles. The summed E-state index contributed by atoms with van der Waals surface area (Å²) in [7, 11) is 0. The van der Waals surface area contributed by atoms with Crippen molar-refractivity contribution in [2.75, 3.05) is 18.0 Å². The Morgan fingerprint density at radius 2 is 1.81 bits per heavy atom.